The largest absolute Gasteiger partial charge is 0.485 e. The first-order valence-corrected chi connectivity index (χ1v) is 10.3. The van der Waals surface area contributed by atoms with Crippen LogP contribution in [0.1, 0.15) is 6.92 Å². The lowest BCUT2D eigenvalue weighted by molar-refractivity contribution is -0.289. The van der Waals surface area contributed by atoms with Crippen molar-refractivity contribution in [1.29, 1.82) is 0 Å². The number of ether oxygens (including phenoxy) is 1. The molecule has 0 aliphatic rings. The van der Waals surface area contributed by atoms with Gasteiger partial charge >= 0.3 is 12.1 Å². The molecule has 3 aromatic rings. The van der Waals surface area contributed by atoms with Gasteiger partial charge in [-0.25, -0.2) is 18.4 Å². The van der Waals surface area contributed by atoms with Crippen molar-refractivity contribution >= 4 is 27.0 Å². The highest BCUT2D eigenvalue weighted by Gasteiger charge is 2.58. The Balaban J connectivity index is 2.09. The van der Waals surface area contributed by atoms with Gasteiger partial charge in [0.15, 0.2) is 22.3 Å². The standard InChI is InChI=1S/C17H13ClF5N3O3S/c1-2-30(27,28)12-5-6-13(18)25-14(12)15-24-8-10-11(4-3-7-26(10)15)29-9-16(19,20)17(21,22)23/h3-8H,2,9H2,1H3. The molecule has 0 bridgehead atoms. The van der Waals surface area contributed by atoms with Crippen LogP contribution in [0.4, 0.5) is 22.0 Å². The molecule has 30 heavy (non-hydrogen) atoms. The molecule has 0 aliphatic carbocycles. The highest BCUT2D eigenvalue weighted by Crippen LogP contribution is 2.36. The molecular formula is C17H13ClF5N3O3S. The van der Waals surface area contributed by atoms with Crippen molar-refractivity contribution in [3.05, 3.63) is 41.8 Å². The van der Waals surface area contributed by atoms with Crippen molar-refractivity contribution in [2.45, 2.75) is 23.9 Å². The lowest BCUT2D eigenvalue weighted by atomic mass is 10.3. The summed E-state index contributed by atoms with van der Waals surface area (Å²) in [7, 11) is -3.73. The van der Waals surface area contributed by atoms with Crippen LogP contribution in [-0.2, 0) is 9.84 Å². The number of fused-ring (bicyclic) bond motifs is 1. The second-order valence-corrected chi connectivity index (χ2v) is 8.72. The third kappa shape index (κ3) is 4.06. The topological polar surface area (TPSA) is 73.6 Å². The van der Waals surface area contributed by atoms with E-state index in [4.69, 9.17) is 16.3 Å². The second kappa shape index (κ2) is 7.65. The molecule has 0 aliphatic heterocycles. The smallest absolute Gasteiger partial charge is 0.456 e. The average Bonchev–Trinajstić information content (AvgIpc) is 3.09. The van der Waals surface area contributed by atoms with Crippen molar-refractivity contribution in [2.24, 2.45) is 0 Å². The molecule has 162 valence electrons. The lowest BCUT2D eigenvalue weighted by Gasteiger charge is -2.20. The number of imidazole rings is 1. The van der Waals surface area contributed by atoms with E-state index in [9.17, 15) is 30.4 Å². The summed E-state index contributed by atoms with van der Waals surface area (Å²) in [5.41, 5.74) is -0.0609. The first kappa shape index (κ1) is 22.2. The number of pyridine rings is 2. The molecule has 3 heterocycles. The third-order valence-corrected chi connectivity index (χ3v) is 6.08. The van der Waals surface area contributed by atoms with Gasteiger partial charge in [0, 0.05) is 6.20 Å². The summed E-state index contributed by atoms with van der Waals surface area (Å²) in [5, 5.41) is -0.0194. The Bertz CT molecular complexity index is 1200. The minimum absolute atomic E-state index is 0.00689. The van der Waals surface area contributed by atoms with Crippen molar-refractivity contribution in [3.63, 3.8) is 0 Å². The Morgan fingerprint density at radius 1 is 1.17 bits per heavy atom. The molecule has 0 saturated carbocycles. The first-order chi connectivity index (χ1) is 13.9. The Morgan fingerprint density at radius 3 is 2.50 bits per heavy atom. The maximum Gasteiger partial charge on any atom is 0.456 e. The molecule has 3 aromatic heterocycles. The Labute approximate surface area is 172 Å². The zero-order valence-electron chi connectivity index (χ0n) is 15.1. The predicted octanol–water partition coefficient (Wildman–Crippen LogP) is 4.42. The van der Waals surface area contributed by atoms with E-state index < -0.39 is 28.5 Å². The Kier molecular flexibility index (Phi) is 5.67. The monoisotopic (exact) mass is 469 g/mol. The van der Waals surface area contributed by atoms with Gasteiger partial charge in [-0.15, -0.1) is 0 Å². The number of aromatic nitrogens is 3. The zero-order valence-corrected chi connectivity index (χ0v) is 16.7. The van der Waals surface area contributed by atoms with Crippen LogP contribution in [0.3, 0.4) is 0 Å². The van der Waals surface area contributed by atoms with E-state index in [2.05, 4.69) is 9.97 Å². The molecule has 0 atom stereocenters. The molecule has 0 amide bonds. The van der Waals surface area contributed by atoms with Crippen LogP contribution in [0, 0.1) is 0 Å². The Hall–Kier alpha value is -2.47. The van der Waals surface area contributed by atoms with Gasteiger partial charge in [0.2, 0.25) is 0 Å². The van der Waals surface area contributed by atoms with E-state index in [0.29, 0.717) is 0 Å². The van der Waals surface area contributed by atoms with Crippen molar-refractivity contribution in [3.8, 4) is 17.3 Å². The minimum Gasteiger partial charge on any atom is -0.485 e. The third-order valence-electron chi connectivity index (χ3n) is 4.11. The Morgan fingerprint density at radius 2 is 1.87 bits per heavy atom. The number of rotatable bonds is 6. The summed E-state index contributed by atoms with van der Waals surface area (Å²) in [6.45, 7) is -0.494. The first-order valence-electron chi connectivity index (χ1n) is 8.30. The van der Waals surface area contributed by atoms with E-state index >= 15 is 0 Å². The molecule has 0 N–H and O–H groups in total. The van der Waals surface area contributed by atoms with E-state index in [0.717, 1.165) is 6.20 Å². The molecule has 0 spiro atoms. The SMILES string of the molecule is CCS(=O)(=O)c1ccc(Cl)nc1-c1ncc2c(OCC(F)(F)C(F)(F)F)cccn12. The van der Waals surface area contributed by atoms with Crippen LogP contribution < -0.4 is 4.74 Å². The number of sulfone groups is 1. The quantitative estimate of drug-likeness (QED) is 0.395. The van der Waals surface area contributed by atoms with Crippen LogP contribution >= 0.6 is 11.6 Å². The summed E-state index contributed by atoms with van der Waals surface area (Å²) in [5.74, 6) is -5.60. The zero-order chi connectivity index (χ0) is 22.3. The van der Waals surface area contributed by atoms with Crippen molar-refractivity contribution in [1.82, 2.24) is 14.4 Å². The number of nitrogens with zero attached hydrogens (tertiary/aromatic N) is 3. The minimum atomic E-state index is -5.77. The van der Waals surface area contributed by atoms with Crippen LogP contribution in [0.5, 0.6) is 5.75 Å². The van der Waals surface area contributed by atoms with E-state index in [-0.39, 0.29) is 38.6 Å². The summed E-state index contributed by atoms with van der Waals surface area (Å²) in [4.78, 5) is 7.92. The van der Waals surface area contributed by atoms with Gasteiger partial charge in [-0.3, -0.25) is 4.40 Å². The highest BCUT2D eigenvalue weighted by molar-refractivity contribution is 7.91. The lowest BCUT2D eigenvalue weighted by Crippen LogP contribution is -2.41. The summed E-state index contributed by atoms with van der Waals surface area (Å²) < 4.78 is 94.3. The summed E-state index contributed by atoms with van der Waals surface area (Å²) in [6, 6.07) is 5.05. The number of alkyl halides is 5. The molecule has 0 fully saturated rings. The van der Waals surface area contributed by atoms with Crippen molar-refractivity contribution < 1.29 is 35.1 Å². The molecule has 3 rings (SSSR count). The summed E-state index contributed by atoms with van der Waals surface area (Å²) in [6.07, 6.45) is -3.23. The van der Waals surface area contributed by atoms with Gasteiger partial charge in [0.25, 0.3) is 0 Å². The van der Waals surface area contributed by atoms with Gasteiger partial charge in [-0.05, 0) is 24.3 Å². The highest BCUT2D eigenvalue weighted by atomic mass is 35.5. The summed E-state index contributed by atoms with van der Waals surface area (Å²) >= 11 is 5.89. The molecule has 0 radical (unpaired) electrons. The number of hydrogen-bond acceptors (Lipinski definition) is 5. The van der Waals surface area contributed by atoms with Crippen LogP contribution in [-0.4, -0.2) is 47.2 Å². The van der Waals surface area contributed by atoms with Gasteiger partial charge in [0.05, 0.1) is 16.8 Å². The maximum atomic E-state index is 13.2. The van der Waals surface area contributed by atoms with Gasteiger partial charge in [-0.1, -0.05) is 18.5 Å². The fraction of sp³-hybridized carbons (Fsp3) is 0.294. The van der Waals surface area contributed by atoms with Crippen LogP contribution in [0.25, 0.3) is 17.0 Å². The molecule has 0 unspecified atom stereocenters. The normalized spacial score (nSPS) is 13.0. The van der Waals surface area contributed by atoms with E-state index in [1.54, 1.807) is 0 Å². The number of hydrogen-bond donors (Lipinski definition) is 0. The molecule has 0 aromatic carbocycles. The molecule has 6 nitrogen and oxygen atoms in total. The van der Waals surface area contributed by atoms with Crippen LogP contribution in [0.2, 0.25) is 5.15 Å². The van der Waals surface area contributed by atoms with Crippen LogP contribution in [0.15, 0.2) is 41.6 Å². The second-order valence-electron chi connectivity index (χ2n) is 6.08. The van der Waals surface area contributed by atoms with Gasteiger partial charge in [-0.2, -0.15) is 22.0 Å². The van der Waals surface area contributed by atoms with Gasteiger partial charge in [0.1, 0.15) is 22.1 Å². The molecule has 0 saturated heterocycles. The van der Waals surface area contributed by atoms with E-state index in [1.807, 2.05) is 0 Å². The predicted molar refractivity (Wildman–Crippen MR) is 97.7 cm³/mol. The van der Waals surface area contributed by atoms with E-state index in [1.165, 1.54) is 41.8 Å². The average molecular weight is 470 g/mol. The fourth-order valence-corrected chi connectivity index (χ4v) is 3.70. The maximum absolute atomic E-state index is 13.2. The molecule has 13 heteroatoms. The fourth-order valence-electron chi connectivity index (χ4n) is 2.53. The van der Waals surface area contributed by atoms with Crippen molar-refractivity contribution in [2.75, 3.05) is 12.4 Å². The van der Waals surface area contributed by atoms with Gasteiger partial charge < -0.3 is 4.74 Å². The number of halogens is 6. The molecular weight excluding hydrogens is 457 g/mol.